The van der Waals surface area contributed by atoms with Crippen LogP contribution in [0.25, 0.3) is 0 Å². The van der Waals surface area contributed by atoms with Crippen molar-refractivity contribution in [2.75, 3.05) is 41.7 Å². The maximum absolute atomic E-state index is 13.3. The number of para-hydroxylation sites is 1. The molecule has 1 aromatic heterocycles. The molecule has 1 aliphatic carbocycles. The second kappa shape index (κ2) is 11.2. The summed E-state index contributed by atoms with van der Waals surface area (Å²) < 4.78 is 0. The minimum Gasteiger partial charge on any atom is -0.362 e. The lowest BCUT2D eigenvalue weighted by Crippen LogP contribution is -2.68. The molecule has 0 radical (unpaired) electrons. The van der Waals surface area contributed by atoms with Gasteiger partial charge in [0.15, 0.2) is 5.41 Å². The molecule has 10 nitrogen and oxygen atoms in total. The smallest absolute Gasteiger partial charge is 0.245 e. The summed E-state index contributed by atoms with van der Waals surface area (Å²) in [6.07, 6.45) is 5.33. The third-order valence-corrected chi connectivity index (χ3v) is 9.62. The zero-order valence-electron chi connectivity index (χ0n) is 22.6. The van der Waals surface area contributed by atoms with Crippen LogP contribution >= 0.6 is 11.8 Å². The molecule has 3 N–H and O–H groups in total. The van der Waals surface area contributed by atoms with Crippen molar-refractivity contribution in [2.45, 2.75) is 43.2 Å². The topological polar surface area (TPSA) is 130 Å². The van der Waals surface area contributed by atoms with Crippen molar-refractivity contribution >= 4 is 46.8 Å². The highest BCUT2D eigenvalue weighted by molar-refractivity contribution is 8.02. The zero-order chi connectivity index (χ0) is 28.3. The Morgan fingerprint density at radius 2 is 1.98 bits per heavy atom. The molecular formula is C29H33N7O3S. The highest BCUT2D eigenvalue weighted by Crippen LogP contribution is 2.64. The summed E-state index contributed by atoms with van der Waals surface area (Å²) in [4.78, 5) is 46.3. The van der Waals surface area contributed by atoms with Crippen LogP contribution in [0.2, 0.25) is 0 Å². The van der Waals surface area contributed by atoms with Crippen molar-refractivity contribution in [1.29, 1.82) is 5.26 Å². The van der Waals surface area contributed by atoms with Gasteiger partial charge in [-0.3, -0.25) is 14.4 Å². The van der Waals surface area contributed by atoms with Gasteiger partial charge in [-0.25, -0.2) is 4.98 Å². The SMILES string of the molecule is CCNC(=O)C1(C#N)CCC12SC(/C=C\Nc1cccc(NC(=O)CN3CCc4ccccc43)n1)C(=O)N2CC. The molecule has 3 unspecified atom stereocenters. The van der Waals surface area contributed by atoms with E-state index in [1.54, 1.807) is 35.4 Å². The molecule has 3 aliphatic rings. The molecule has 2 aliphatic heterocycles. The van der Waals surface area contributed by atoms with Crippen LogP contribution in [0.1, 0.15) is 32.3 Å². The zero-order valence-corrected chi connectivity index (χ0v) is 23.5. The number of rotatable bonds is 9. The second-order valence-corrected chi connectivity index (χ2v) is 11.5. The van der Waals surface area contributed by atoms with E-state index in [1.165, 1.54) is 17.3 Å². The number of amides is 3. The molecule has 0 bridgehead atoms. The summed E-state index contributed by atoms with van der Waals surface area (Å²) in [6.45, 7) is 5.58. The predicted molar refractivity (Wildman–Crippen MR) is 155 cm³/mol. The van der Waals surface area contributed by atoms with Crippen molar-refractivity contribution in [3.8, 4) is 6.07 Å². The molecule has 2 fully saturated rings. The first kappa shape index (κ1) is 27.5. The lowest BCUT2D eigenvalue weighted by atomic mass is 9.63. The average molecular weight is 560 g/mol. The van der Waals surface area contributed by atoms with E-state index in [9.17, 15) is 19.6 Å². The number of fused-ring (bicyclic) bond motifs is 1. The summed E-state index contributed by atoms with van der Waals surface area (Å²) in [6, 6.07) is 15.6. The quantitative estimate of drug-likeness (QED) is 0.427. The molecule has 40 heavy (non-hydrogen) atoms. The Morgan fingerprint density at radius 1 is 1.18 bits per heavy atom. The number of aromatic nitrogens is 1. The third-order valence-electron chi connectivity index (χ3n) is 7.84. The number of carbonyl (C=O) groups excluding carboxylic acids is 3. The number of carbonyl (C=O) groups is 3. The molecule has 5 rings (SSSR count). The molecular weight excluding hydrogens is 526 g/mol. The lowest BCUT2D eigenvalue weighted by molar-refractivity contribution is -0.147. The van der Waals surface area contributed by atoms with Crippen LogP contribution in [-0.2, 0) is 20.8 Å². The van der Waals surface area contributed by atoms with Crippen LogP contribution in [0.5, 0.6) is 0 Å². The highest BCUT2D eigenvalue weighted by Gasteiger charge is 2.72. The normalized spacial score (nSPS) is 25.0. The Kier molecular flexibility index (Phi) is 7.72. The number of nitrogens with zero attached hydrogens (tertiary/aromatic N) is 4. The first-order valence-corrected chi connectivity index (χ1v) is 14.5. The van der Waals surface area contributed by atoms with Crippen molar-refractivity contribution in [3.05, 3.63) is 60.3 Å². The molecule has 1 aromatic carbocycles. The number of pyridine rings is 1. The fourth-order valence-corrected chi connectivity index (χ4v) is 7.64. The number of nitriles is 1. The second-order valence-electron chi connectivity index (χ2n) is 10.0. The fourth-order valence-electron chi connectivity index (χ4n) is 5.83. The molecule has 3 heterocycles. The summed E-state index contributed by atoms with van der Waals surface area (Å²) in [5.74, 6) is 0.348. The number of nitrogens with one attached hydrogen (secondary N) is 3. The minimum absolute atomic E-state index is 0.119. The number of anilines is 3. The van der Waals surface area contributed by atoms with Gasteiger partial charge < -0.3 is 25.8 Å². The van der Waals surface area contributed by atoms with E-state index >= 15 is 0 Å². The van der Waals surface area contributed by atoms with Gasteiger partial charge in [-0.2, -0.15) is 5.26 Å². The van der Waals surface area contributed by atoms with E-state index in [4.69, 9.17) is 0 Å². The Balaban J connectivity index is 1.21. The molecule has 3 atom stereocenters. The highest BCUT2D eigenvalue weighted by atomic mass is 32.2. The molecule has 3 amide bonds. The van der Waals surface area contributed by atoms with E-state index in [0.717, 1.165) is 18.7 Å². The molecule has 11 heteroatoms. The van der Waals surface area contributed by atoms with Gasteiger partial charge in [0.25, 0.3) is 0 Å². The first-order chi connectivity index (χ1) is 19.4. The maximum atomic E-state index is 13.3. The van der Waals surface area contributed by atoms with E-state index in [2.05, 4.69) is 38.0 Å². The van der Waals surface area contributed by atoms with Gasteiger partial charge in [0.1, 0.15) is 21.8 Å². The fraction of sp³-hybridized carbons (Fsp3) is 0.414. The van der Waals surface area contributed by atoms with Gasteiger partial charge >= 0.3 is 0 Å². The van der Waals surface area contributed by atoms with Crippen molar-refractivity contribution in [1.82, 2.24) is 15.2 Å². The van der Waals surface area contributed by atoms with Gasteiger partial charge in [0.05, 0.1) is 12.6 Å². The van der Waals surface area contributed by atoms with Crippen molar-refractivity contribution in [3.63, 3.8) is 0 Å². The Labute approximate surface area is 238 Å². The summed E-state index contributed by atoms with van der Waals surface area (Å²) in [7, 11) is 0. The summed E-state index contributed by atoms with van der Waals surface area (Å²) in [5, 5.41) is 18.2. The predicted octanol–water partition coefficient (Wildman–Crippen LogP) is 3.11. The van der Waals surface area contributed by atoms with E-state index in [1.807, 2.05) is 32.0 Å². The Morgan fingerprint density at radius 3 is 2.70 bits per heavy atom. The molecule has 1 saturated carbocycles. The summed E-state index contributed by atoms with van der Waals surface area (Å²) >= 11 is 1.37. The average Bonchev–Trinajstić information content (AvgIpc) is 3.48. The maximum Gasteiger partial charge on any atom is 0.245 e. The largest absolute Gasteiger partial charge is 0.362 e. The van der Waals surface area contributed by atoms with Crippen molar-refractivity contribution in [2.24, 2.45) is 5.41 Å². The van der Waals surface area contributed by atoms with Gasteiger partial charge in [-0.1, -0.05) is 24.3 Å². The third kappa shape index (κ3) is 4.66. The Hall–Kier alpha value is -4.04. The molecule has 1 spiro atoms. The van der Waals surface area contributed by atoms with Crippen LogP contribution < -0.4 is 20.9 Å². The van der Waals surface area contributed by atoms with Gasteiger partial charge in [0, 0.05) is 31.5 Å². The standard InChI is InChI=1S/C29H33N7O3S/c1-3-31-27(39)28(19-30)14-15-29(28)36(4-2)26(38)22(40-29)12-16-32-23-10-7-11-24(33-23)34-25(37)18-35-17-13-20-8-5-6-9-21(20)35/h5-12,16,22H,3-4,13-15,17-18H2,1-2H3,(H,31,39)(H2,32,33,34,37)/b16-12-. The van der Waals surface area contributed by atoms with E-state index < -0.39 is 15.5 Å². The van der Waals surface area contributed by atoms with Crippen LogP contribution in [-0.4, -0.2) is 63.9 Å². The van der Waals surface area contributed by atoms with Crippen LogP contribution in [0.3, 0.4) is 0 Å². The van der Waals surface area contributed by atoms with Gasteiger partial charge in [-0.15, -0.1) is 11.8 Å². The van der Waals surface area contributed by atoms with Crippen LogP contribution in [0.4, 0.5) is 17.3 Å². The van der Waals surface area contributed by atoms with Gasteiger partial charge in [-0.05, 0) is 62.9 Å². The number of hydrogen-bond donors (Lipinski definition) is 3. The monoisotopic (exact) mass is 559 g/mol. The summed E-state index contributed by atoms with van der Waals surface area (Å²) in [5.41, 5.74) is 1.08. The van der Waals surface area contributed by atoms with E-state index in [-0.39, 0.29) is 24.3 Å². The lowest BCUT2D eigenvalue weighted by Gasteiger charge is -2.55. The number of hydrogen-bond acceptors (Lipinski definition) is 8. The molecule has 2 aromatic rings. The number of thioether (sulfide) groups is 1. The van der Waals surface area contributed by atoms with Crippen LogP contribution in [0.15, 0.2) is 54.7 Å². The first-order valence-electron chi connectivity index (χ1n) is 13.6. The Bertz CT molecular complexity index is 1390. The van der Waals surface area contributed by atoms with Gasteiger partial charge in [0.2, 0.25) is 17.7 Å². The van der Waals surface area contributed by atoms with Crippen LogP contribution in [0, 0.1) is 16.7 Å². The van der Waals surface area contributed by atoms with E-state index in [0.29, 0.717) is 37.6 Å². The minimum atomic E-state index is -1.26. The molecule has 1 saturated heterocycles. The van der Waals surface area contributed by atoms with Crippen molar-refractivity contribution < 1.29 is 14.4 Å². The molecule has 208 valence electrons. The number of benzene rings is 1.